The maximum Gasteiger partial charge on any atom is 0.169 e. The lowest BCUT2D eigenvalue weighted by Gasteiger charge is -2.14. The summed E-state index contributed by atoms with van der Waals surface area (Å²) < 4.78 is 6.32. The van der Waals surface area contributed by atoms with Crippen LogP contribution in [-0.2, 0) is 6.54 Å². The number of nitrogens with zero attached hydrogens (tertiary/aromatic N) is 1. The highest BCUT2D eigenvalue weighted by molar-refractivity contribution is 9.10. The number of halogens is 1. The fourth-order valence-corrected chi connectivity index (χ4v) is 3.80. The molecular formula is C15H19BrN2OS. The van der Waals surface area contributed by atoms with E-state index in [-0.39, 0.29) is 0 Å². The van der Waals surface area contributed by atoms with Crippen molar-refractivity contribution in [3.63, 3.8) is 0 Å². The van der Waals surface area contributed by atoms with Gasteiger partial charge in [-0.2, -0.15) is 0 Å². The highest BCUT2D eigenvalue weighted by Crippen LogP contribution is 2.29. The molecule has 1 aliphatic carbocycles. The van der Waals surface area contributed by atoms with Gasteiger partial charge >= 0.3 is 0 Å². The maximum absolute atomic E-state index is 5.56. The standard InChI is InChI=1S/C15H19BrN2OS/c16-14-8-7-12(19-14)13-9-18-15(20-13)10-17-11-5-3-1-2-4-6-11/h7-9,11,17H,1-6,10H2. The molecule has 20 heavy (non-hydrogen) atoms. The first-order chi connectivity index (χ1) is 9.81. The van der Waals surface area contributed by atoms with E-state index in [0.717, 1.165) is 26.9 Å². The van der Waals surface area contributed by atoms with Crippen LogP contribution in [0.15, 0.2) is 27.4 Å². The number of rotatable bonds is 4. The van der Waals surface area contributed by atoms with Gasteiger partial charge in [0.25, 0.3) is 0 Å². The van der Waals surface area contributed by atoms with E-state index in [1.807, 2.05) is 18.3 Å². The van der Waals surface area contributed by atoms with Gasteiger partial charge in [0.1, 0.15) is 10.8 Å². The summed E-state index contributed by atoms with van der Waals surface area (Å²) >= 11 is 5.04. The van der Waals surface area contributed by atoms with Gasteiger partial charge in [-0.25, -0.2) is 4.98 Å². The van der Waals surface area contributed by atoms with Crippen molar-refractivity contribution < 1.29 is 4.42 Å². The number of hydrogen-bond acceptors (Lipinski definition) is 4. The first-order valence-corrected chi connectivity index (χ1v) is 8.86. The molecule has 0 spiro atoms. The monoisotopic (exact) mass is 354 g/mol. The van der Waals surface area contributed by atoms with Crippen LogP contribution in [-0.4, -0.2) is 11.0 Å². The molecule has 0 aliphatic heterocycles. The summed E-state index contributed by atoms with van der Waals surface area (Å²) in [5.74, 6) is 0.884. The summed E-state index contributed by atoms with van der Waals surface area (Å²) in [5, 5.41) is 4.79. The van der Waals surface area contributed by atoms with Gasteiger partial charge in [0, 0.05) is 18.8 Å². The van der Waals surface area contributed by atoms with E-state index < -0.39 is 0 Å². The van der Waals surface area contributed by atoms with Crippen LogP contribution >= 0.6 is 27.3 Å². The fourth-order valence-electron chi connectivity index (χ4n) is 2.67. The van der Waals surface area contributed by atoms with E-state index in [0.29, 0.717) is 6.04 Å². The number of aromatic nitrogens is 1. The van der Waals surface area contributed by atoms with E-state index in [1.165, 1.54) is 38.5 Å². The quantitative estimate of drug-likeness (QED) is 0.786. The van der Waals surface area contributed by atoms with E-state index >= 15 is 0 Å². The van der Waals surface area contributed by atoms with Crippen LogP contribution in [0, 0.1) is 0 Å². The van der Waals surface area contributed by atoms with Crippen LogP contribution in [0.4, 0.5) is 0 Å². The number of nitrogens with one attached hydrogen (secondary N) is 1. The molecule has 1 aliphatic rings. The fraction of sp³-hybridized carbons (Fsp3) is 0.533. The first-order valence-electron chi connectivity index (χ1n) is 7.25. The Hall–Kier alpha value is -0.650. The Morgan fingerprint density at radius 1 is 1.25 bits per heavy atom. The van der Waals surface area contributed by atoms with Gasteiger partial charge < -0.3 is 9.73 Å². The molecule has 0 amide bonds. The zero-order chi connectivity index (χ0) is 13.8. The molecule has 2 aromatic heterocycles. The summed E-state index contributed by atoms with van der Waals surface area (Å²) in [6.45, 7) is 0.872. The number of thiazole rings is 1. The smallest absolute Gasteiger partial charge is 0.169 e. The van der Waals surface area contributed by atoms with Crippen molar-refractivity contribution >= 4 is 27.3 Å². The largest absolute Gasteiger partial charge is 0.448 e. The van der Waals surface area contributed by atoms with Crippen LogP contribution in [0.5, 0.6) is 0 Å². The Morgan fingerprint density at radius 3 is 2.75 bits per heavy atom. The average Bonchev–Trinajstić information content (AvgIpc) is 3.00. The normalized spacial score (nSPS) is 17.2. The number of furan rings is 1. The minimum absolute atomic E-state index is 0.669. The van der Waals surface area contributed by atoms with Gasteiger partial charge in [-0.15, -0.1) is 11.3 Å². The van der Waals surface area contributed by atoms with E-state index in [1.54, 1.807) is 11.3 Å². The highest BCUT2D eigenvalue weighted by Gasteiger charge is 2.13. The second kappa shape index (κ2) is 6.87. The molecule has 1 fully saturated rings. The predicted molar refractivity (Wildman–Crippen MR) is 85.8 cm³/mol. The third kappa shape index (κ3) is 3.71. The molecule has 1 saturated carbocycles. The predicted octanol–water partition coefficient (Wildman–Crippen LogP) is 4.98. The molecule has 2 heterocycles. The number of hydrogen-bond donors (Lipinski definition) is 1. The topological polar surface area (TPSA) is 38.1 Å². The Kier molecular flexibility index (Phi) is 4.91. The lowest BCUT2D eigenvalue weighted by Crippen LogP contribution is -2.27. The molecule has 3 rings (SSSR count). The molecule has 0 atom stereocenters. The van der Waals surface area contributed by atoms with Crippen LogP contribution in [0.25, 0.3) is 10.6 Å². The SMILES string of the molecule is Brc1ccc(-c2cnc(CNC3CCCCCC3)s2)o1. The van der Waals surface area contributed by atoms with Crippen molar-refractivity contribution in [3.05, 3.63) is 28.0 Å². The zero-order valence-corrected chi connectivity index (χ0v) is 13.8. The Labute approximate surface area is 131 Å². The maximum atomic E-state index is 5.56. The van der Waals surface area contributed by atoms with Gasteiger partial charge in [0.15, 0.2) is 4.67 Å². The summed E-state index contributed by atoms with van der Waals surface area (Å²) in [7, 11) is 0. The second-order valence-corrected chi connectivity index (χ2v) is 7.19. The minimum Gasteiger partial charge on any atom is -0.448 e. The van der Waals surface area contributed by atoms with Gasteiger partial charge in [0.05, 0.1) is 4.88 Å². The molecule has 2 aromatic rings. The van der Waals surface area contributed by atoms with E-state index in [2.05, 4.69) is 26.2 Å². The molecule has 0 saturated heterocycles. The van der Waals surface area contributed by atoms with Crippen LogP contribution < -0.4 is 5.32 Å². The van der Waals surface area contributed by atoms with Crippen molar-refractivity contribution in [1.29, 1.82) is 0 Å². The molecule has 5 heteroatoms. The molecule has 0 aromatic carbocycles. The van der Waals surface area contributed by atoms with Crippen molar-refractivity contribution in [2.45, 2.75) is 51.1 Å². The lowest BCUT2D eigenvalue weighted by molar-refractivity contribution is 0.458. The molecular weight excluding hydrogens is 336 g/mol. The molecule has 0 unspecified atom stereocenters. The minimum atomic E-state index is 0.669. The summed E-state index contributed by atoms with van der Waals surface area (Å²) in [6.07, 6.45) is 10.0. The summed E-state index contributed by atoms with van der Waals surface area (Å²) in [5.41, 5.74) is 0. The third-order valence-electron chi connectivity index (χ3n) is 3.77. The molecule has 0 bridgehead atoms. The van der Waals surface area contributed by atoms with Crippen molar-refractivity contribution in [2.75, 3.05) is 0 Å². The van der Waals surface area contributed by atoms with E-state index in [9.17, 15) is 0 Å². The average molecular weight is 355 g/mol. The van der Waals surface area contributed by atoms with Crippen molar-refractivity contribution in [2.24, 2.45) is 0 Å². The van der Waals surface area contributed by atoms with Crippen molar-refractivity contribution in [1.82, 2.24) is 10.3 Å². The third-order valence-corrected chi connectivity index (χ3v) is 5.20. The first kappa shape index (κ1) is 14.3. The van der Waals surface area contributed by atoms with Gasteiger partial charge in [-0.05, 0) is 40.9 Å². The van der Waals surface area contributed by atoms with Gasteiger partial charge in [-0.3, -0.25) is 0 Å². The van der Waals surface area contributed by atoms with E-state index in [4.69, 9.17) is 4.42 Å². The van der Waals surface area contributed by atoms with Crippen LogP contribution in [0.1, 0.15) is 43.5 Å². The zero-order valence-electron chi connectivity index (χ0n) is 11.4. The van der Waals surface area contributed by atoms with Gasteiger partial charge in [0.2, 0.25) is 0 Å². The van der Waals surface area contributed by atoms with Crippen LogP contribution in [0.3, 0.4) is 0 Å². The van der Waals surface area contributed by atoms with Crippen molar-refractivity contribution in [3.8, 4) is 10.6 Å². The Morgan fingerprint density at radius 2 is 2.05 bits per heavy atom. The van der Waals surface area contributed by atoms with Crippen LogP contribution in [0.2, 0.25) is 0 Å². The van der Waals surface area contributed by atoms with Gasteiger partial charge in [-0.1, -0.05) is 25.7 Å². The second-order valence-electron chi connectivity index (χ2n) is 5.29. The lowest BCUT2D eigenvalue weighted by atomic mass is 10.1. The summed E-state index contributed by atoms with van der Waals surface area (Å²) in [4.78, 5) is 5.58. The molecule has 3 nitrogen and oxygen atoms in total. The highest BCUT2D eigenvalue weighted by atomic mass is 79.9. The molecule has 1 N–H and O–H groups in total. The molecule has 108 valence electrons. The molecule has 0 radical (unpaired) electrons. The Bertz CT molecular complexity index is 544. The Balaban J connectivity index is 1.57. The summed E-state index contributed by atoms with van der Waals surface area (Å²) in [6, 6.07) is 4.56.